The first-order valence-electron chi connectivity index (χ1n) is 9.49. The lowest BCUT2D eigenvalue weighted by atomic mass is 10.1. The number of para-hydroxylation sites is 1. The average Bonchev–Trinajstić information content (AvgIpc) is 2.73. The Balaban J connectivity index is 1.63. The maximum absolute atomic E-state index is 12.5. The monoisotopic (exact) mass is 402 g/mol. The number of rotatable bonds is 7. The topological polar surface area (TPSA) is 84.5 Å². The van der Waals surface area contributed by atoms with Crippen LogP contribution in [0.4, 0.5) is 5.69 Å². The molecule has 6 nitrogen and oxygen atoms in total. The molecule has 3 aromatic carbocycles. The first-order chi connectivity index (χ1) is 14.5. The molecule has 0 spiro atoms. The zero-order valence-electron chi connectivity index (χ0n) is 16.6. The van der Waals surface area contributed by atoms with E-state index in [1.165, 1.54) is 13.0 Å². The van der Waals surface area contributed by atoms with Crippen LogP contribution < -0.4 is 15.4 Å². The zero-order valence-corrected chi connectivity index (χ0v) is 16.6. The molecule has 3 rings (SSSR count). The SMILES string of the molecule is CC(=O)Oc1cccc(C(=O)NCc2ccccc2NC(=O)Cc2ccccc2)c1. The van der Waals surface area contributed by atoms with E-state index in [2.05, 4.69) is 10.6 Å². The Kier molecular flexibility index (Phi) is 6.95. The summed E-state index contributed by atoms with van der Waals surface area (Å²) < 4.78 is 5.01. The van der Waals surface area contributed by atoms with Crippen LogP contribution in [0.2, 0.25) is 0 Å². The second-order valence-corrected chi connectivity index (χ2v) is 6.67. The highest BCUT2D eigenvalue weighted by molar-refractivity contribution is 5.95. The van der Waals surface area contributed by atoms with Gasteiger partial charge in [-0.1, -0.05) is 54.6 Å². The predicted molar refractivity (Wildman–Crippen MR) is 114 cm³/mol. The van der Waals surface area contributed by atoms with Gasteiger partial charge in [0.05, 0.1) is 6.42 Å². The number of esters is 1. The summed E-state index contributed by atoms with van der Waals surface area (Å²) in [5, 5.41) is 5.73. The molecule has 2 N–H and O–H groups in total. The van der Waals surface area contributed by atoms with Crippen molar-refractivity contribution in [2.45, 2.75) is 19.9 Å². The van der Waals surface area contributed by atoms with E-state index >= 15 is 0 Å². The number of hydrogen-bond donors (Lipinski definition) is 2. The molecule has 0 bridgehead atoms. The van der Waals surface area contributed by atoms with Crippen LogP contribution >= 0.6 is 0 Å². The molecule has 0 atom stereocenters. The molecule has 0 saturated heterocycles. The van der Waals surface area contributed by atoms with Gasteiger partial charge < -0.3 is 15.4 Å². The van der Waals surface area contributed by atoms with Crippen molar-refractivity contribution in [2.75, 3.05) is 5.32 Å². The van der Waals surface area contributed by atoms with E-state index in [1.807, 2.05) is 48.5 Å². The van der Waals surface area contributed by atoms with Crippen molar-refractivity contribution in [3.8, 4) is 5.75 Å². The minimum absolute atomic E-state index is 0.131. The average molecular weight is 402 g/mol. The van der Waals surface area contributed by atoms with Gasteiger partial charge in [-0.3, -0.25) is 14.4 Å². The first-order valence-corrected chi connectivity index (χ1v) is 9.49. The second kappa shape index (κ2) is 10.0. The van der Waals surface area contributed by atoms with E-state index in [0.717, 1.165) is 11.1 Å². The van der Waals surface area contributed by atoms with Crippen LogP contribution in [0.5, 0.6) is 5.75 Å². The summed E-state index contributed by atoms with van der Waals surface area (Å²) in [4.78, 5) is 36.0. The van der Waals surface area contributed by atoms with Crippen LogP contribution in [0.1, 0.15) is 28.4 Å². The molecule has 30 heavy (non-hydrogen) atoms. The standard InChI is InChI=1S/C24H22N2O4/c1-17(27)30-21-12-7-11-19(15-21)24(29)25-16-20-10-5-6-13-22(20)26-23(28)14-18-8-3-2-4-9-18/h2-13,15H,14,16H2,1H3,(H,25,29)(H,26,28). The van der Waals surface area contributed by atoms with Crippen molar-refractivity contribution in [1.82, 2.24) is 5.32 Å². The third-order valence-corrected chi connectivity index (χ3v) is 4.30. The maximum atomic E-state index is 12.5. The molecule has 0 heterocycles. The lowest BCUT2D eigenvalue weighted by Crippen LogP contribution is -2.24. The van der Waals surface area contributed by atoms with Gasteiger partial charge in [0.15, 0.2) is 0 Å². The number of carbonyl (C=O) groups excluding carboxylic acids is 3. The minimum Gasteiger partial charge on any atom is -0.427 e. The van der Waals surface area contributed by atoms with Crippen molar-refractivity contribution in [3.05, 3.63) is 95.6 Å². The number of amides is 2. The summed E-state index contributed by atoms with van der Waals surface area (Å²) >= 11 is 0. The van der Waals surface area contributed by atoms with Crippen LogP contribution in [0.25, 0.3) is 0 Å². The van der Waals surface area contributed by atoms with E-state index in [-0.39, 0.29) is 24.8 Å². The van der Waals surface area contributed by atoms with E-state index in [4.69, 9.17) is 4.74 Å². The minimum atomic E-state index is -0.451. The van der Waals surface area contributed by atoms with Crippen molar-refractivity contribution in [1.29, 1.82) is 0 Å². The third kappa shape index (κ3) is 6.04. The van der Waals surface area contributed by atoms with Crippen molar-refractivity contribution in [3.63, 3.8) is 0 Å². The van der Waals surface area contributed by atoms with Crippen LogP contribution in [0.15, 0.2) is 78.9 Å². The molecule has 3 aromatic rings. The highest BCUT2D eigenvalue weighted by atomic mass is 16.5. The fraction of sp³-hybridized carbons (Fsp3) is 0.125. The largest absolute Gasteiger partial charge is 0.427 e. The zero-order chi connectivity index (χ0) is 21.3. The molecule has 0 unspecified atom stereocenters. The van der Waals surface area contributed by atoms with E-state index < -0.39 is 5.97 Å². The lowest BCUT2D eigenvalue weighted by Gasteiger charge is -2.12. The number of anilines is 1. The van der Waals surface area contributed by atoms with Gasteiger partial charge in [0.2, 0.25) is 5.91 Å². The summed E-state index contributed by atoms with van der Waals surface area (Å²) in [6.45, 7) is 1.54. The second-order valence-electron chi connectivity index (χ2n) is 6.67. The first kappa shape index (κ1) is 20.8. The quantitative estimate of drug-likeness (QED) is 0.466. The fourth-order valence-corrected chi connectivity index (χ4v) is 2.92. The smallest absolute Gasteiger partial charge is 0.308 e. The van der Waals surface area contributed by atoms with E-state index in [0.29, 0.717) is 17.0 Å². The molecule has 0 aliphatic heterocycles. The van der Waals surface area contributed by atoms with Crippen molar-refractivity contribution >= 4 is 23.5 Å². The fourth-order valence-electron chi connectivity index (χ4n) is 2.92. The normalized spacial score (nSPS) is 10.2. The summed E-state index contributed by atoms with van der Waals surface area (Å²) in [5.74, 6) is -0.583. The molecule has 2 amide bonds. The highest BCUT2D eigenvalue weighted by Crippen LogP contribution is 2.17. The summed E-state index contributed by atoms with van der Waals surface area (Å²) in [6.07, 6.45) is 0.268. The Bertz CT molecular complexity index is 1050. The molecule has 152 valence electrons. The Morgan fingerprint density at radius 3 is 2.37 bits per heavy atom. The summed E-state index contributed by atoms with van der Waals surface area (Å²) in [7, 11) is 0. The Morgan fingerprint density at radius 1 is 0.867 bits per heavy atom. The van der Waals surface area contributed by atoms with Crippen LogP contribution in [-0.4, -0.2) is 17.8 Å². The highest BCUT2D eigenvalue weighted by Gasteiger charge is 2.11. The summed E-state index contributed by atoms with van der Waals surface area (Å²) in [6, 6.07) is 23.2. The third-order valence-electron chi connectivity index (χ3n) is 4.30. The van der Waals surface area contributed by atoms with E-state index in [9.17, 15) is 14.4 Å². The van der Waals surface area contributed by atoms with Gasteiger partial charge in [0.25, 0.3) is 5.91 Å². The number of ether oxygens (including phenoxy) is 1. The van der Waals surface area contributed by atoms with Crippen molar-refractivity contribution in [2.24, 2.45) is 0 Å². The maximum Gasteiger partial charge on any atom is 0.308 e. The summed E-state index contributed by atoms with van der Waals surface area (Å²) in [5.41, 5.74) is 2.73. The molecule has 0 radical (unpaired) electrons. The number of hydrogen-bond acceptors (Lipinski definition) is 4. The number of nitrogens with one attached hydrogen (secondary N) is 2. The van der Waals surface area contributed by atoms with Crippen LogP contribution in [-0.2, 0) is 22.6 Å². The number of carbonyl (C=O) groups is 3. The lowest BCUT2D eigenvalue weighted by molar-refractivity contribution is -0.131. The molecule has 0 aliphatic carbocycles. The van der Waals surface area contributed by atoms with Gasteiger partial charge in [-0.15, -0.1) is 0 Å². The van der Waals surface area contributed by atoms with E-state index in [1.54, 1.807) is 24.3 Å². The van der Waals surface area contributed by atoms with Crippen LogP contribution in [0.3, 0.4) is 0 Å². The van der Waals surface area contributed by atoms with Gasteiger partial charge in [-0.05, 0) is 35.4 Å². The Hall–Kier alpha value is -3.93. The van der Waals surface area contributed by atoms with Gasteiger partial charge in [0.1, 0.15) is 5.75 Å². The van der Waals surface area contributed by atoms with Gasteiger partial charge in [-0.2, -0.15) is 0 Å². The van der Waals surface area contributed by atoms with Crippen molar-refractivity contribution < 1.29 is 19.1 Å². The molecule has 0 saturated carbocycles. The molecule has 6 heteroatoms. The van der Waals surface area contributed by atoms with Crippen LogP contribution in [0, 0.1) is 0 Å². The molecular weight excluding hydrogens is 380 g/mol. The Morgan fingerprint density at radius 2 is 1.60 bits per heavy atom. The van der Waals surface area contributed by atoms with Gasteiger partial charge in [-0.25, -0.2) is 0 Å². The number of benzene rings is 3. The van der Waals surface area contributed by atoms with Gasteiger partial charge in [0, 0.05) is 24.7 Å². The van der Waals surface area contributed by atoms with Gasteiger partial charge >= 0.3 is 5.97 Å². The molecule has 0 aromatic heterocycles. The molecule has 0 aliphatic rings. The molecular formula is C24H22N2O4. The predicted octanol–water partition coefficient (Wildman–Crippen LogP) is 3.72. The Labute approximate surface area is 174 Å². The molecule has 0 fully saturated rings.